The van der Waals surface area contributed by atoms with Crippen molar-refractivity contribution in [2.45, 2.75) is 32.8 Å². The van der Waals surface area contributed by atoms with Crippen LogP contribution in [-0.2, 0) is 14.3 Å². The predicted octanol–water partition coefficient (Wildman–Crippen LogP) is 2.37. The van der Waals surface area contributed by atoms with Crippen molar-refractivity contribution in [3.8, 4) is 5.75 Å². The lowest BCUT2D eigenvalue weighted by atomic mass is 10.3. The molecule has 20 heavy (non-hydrogen) atoms. The molecule has 0 saturated heterocycles. The number of hydrogen-bond acceptors (Lipinski definition) is 4. The van der Waals surface area contributed by atoms with E-state index in [1.165, 1.54) is 0 Å². The zero-order valence-corrected chi connectivity index (χ0v) is 11.7. The monoisotopic (exact) mass is 277 g/mol. The molecule has 108 valence electrons. The Morgan fingerprint density at radius 3 is 2.50 bits per heavy atom. The first-order valence-corrected chi connectivity index (χ1v) is 6.84. The van der Waals surface area contributed by atoms with E-state index in [-0.39, 0.29) is 17.8 Å². The summed E-state index contributed by atoms with van der Waals surface area (Å²) in [6.45, 7) is 4.08. The van der Waals surface area contributed by atoms with Gasteiger partial charge in [-0.05, 0) is 51.0 Å². The Balaban J connectivity index is 1.84. The van der Waals surface area contributed by atoms with Gasteiger partial charge in [0.15, 0.2) is 6.10 Å². The smallest absolute Gasteiger partial charge is 0.309 e. The molecule has 0 bridgehead atoms. The minimum absolute atomic E-state index is 0.00396. The van der Waals surface area contributed by atoms with Gasteiger partial charge in [-0.3, -0.25) is 9.59 Å². The zero-order chi connectivity index (χ0) is 14.5. The number of ether oxygens (including phenoxy) is 2. The fourth-order valence-electron chi connectivity index (χ4n) is 1.69. The molecular weight excluding hydrogens is 258 g/mol. The lowest BCUT2D eigenvalue weighted by Crippen LogP contribution is -2.30. The third kappa shape index (κ3) is 3.98. The summed E-state index contributed by atoms with van der Waals surface area (Å²) in [5, 5.41) is 2.70. The van der Waals surface area contributed by atoms with Crippen LogP contribution in [0.5, 0.6) is 5.75 Å². The zero-order valence-electron chi connectivity index (χ0n) is 11.7. The van der Waals surface area contributed by atoms with Gasteiger partial charge in [-0.1, -0.05) is 0 Å². The van der Waals surface area contributed by atoms with Crippen LogP contribution in [0.1, 0.15) is 26.7 Å². The molecule has 1 aliphatic rings. The second-order valence-electron chi connectivity index (χ2n) is 4.80. The molecule has 1 aromatic carbocycles. The number of carbonyl (C=O) groups excluding carboxylic acids is 2. The average Bonchev–Trinajstić information content (AvgIpc) is 3.25. The van der Waals surface area contributed by atoms with Gasteiger partial charge in [0.25, 0.3) is 5.91 Å². The fraction of sp³-hybridized carbons (Fsp3) is 0.467. The van der Waals surface area contributed by atoms with Crippen LogP contribution >= 0.6 is 0 Å². The van der Waals surface area contributed by atoms with E-state index in [1.807, 2.05) is 6.92 Å². The number of anilines is 1. The molecule has 0 aliphatic heterocycles. The minimum atomic E-state index is -0.783. The first kappa shape index (κ1) is 14.4. The van der Waals surface area contributed by atoms with Crippen LogP contribution in [0.3, 0.4) is 0 Å². The van der Waals surface area contributed by atoms with Gasteiger partial charge in [0.05, 0.1) is 12.5 Å². The van der Waals surface area contributed by atoms with E-state index in [0.717, 1.165) is 18.6 Å². The van der Waals surface area contributed by atoms with Gasteiger partial charge >= 0.3 is 5.97 Å². The van der Waals surface area contributed by atoms with E-state index in [0.29, 0.717) is 12.3 Å². The molecular formula is C15H19NO4. The van der Waals surface area contributed by atoms with Gasteiger partial charge in [-0.25, -0.2) is 0 Å². The van der Waals surface area contributed by atoms with E-state index < -0.39 is 6.10 Å². The largest absolute Gasteiger partial charge is 0.494 e. The van der Waals surface area contributed by atoms with E-state index in [1.54, 1.807) is 31.2 Å². The van der Waals surface area contributed by atoms with Crippen LogP contribution in [-0.4, -0.2) is 24.6 Å². The molecule has 2 rings (SSSR count). The van der Waals surface area contributed by atoms with Crippen molar-refractivity contribution >= 4 is 17.6 Å². The molecule has 1 atom stereocenters. The number of esters is 1. The van der Waals surface area contributed by atoms with Gasteiger partial charge in [-0.2, -0.15) is 0 Å². The molecule has 1 fully saturated rings. The molecule has 0 heterocycles. The van der Waals surface area contributed by atoms with E-state index >= 15 is 0 Å². The maximum atomic E-state index is 11.9. The molecule has 0 spiro atoms. The maximum Gasteiger partial charge on any atom is 0.309 e. The topological polar surface area (TPSA) is 64.6 Å². The molecule has 1 N–H and O–H groups in total. The molecule has 5 nitrogen and oxygen atoms in total. The van der Waals surface area contributed by atoms with Gasteiger partial charge in [-0.15, -0.1) is 0 Å². The van der Waals surface area contributed by atoms with Crippen molar-refractivity contribution in [1.29, 1.82) is 0 Å². The number of benzene rings is 1. The third-order valence-corrected chi connectivity index (χ3v) is 3.01. The fourth-order valence-corrected chi connectivity index (χ4v) is 1.69. The Kier molecular flexibility index (Phi) is 4.61. The molecule has 1 unspecified atom stereocenters. The number of amides is 1. The molecule has 0 radical (unpaired) electrons. The highest BCUT2D eigenvalue weighted by molar-refractivity contribution is 5.95. The summed E-state index contributed by atoms with van der Waals surface area (Å²) in [7, 11) is 0. The molecule has 1 aliphatic carbocycles. The highest BCUT2D eigenvalue weighted by atomic mass is 16.5. The van der Waals surface area contributed by atoms with Crippen molar-refractivity contribution < 1.29 is 19.1 Å². The van der Waals surface area contributed by atoms with Crippen molar-refractivity contribution in [3.05, 3.63) is 24.3 Å². The summed E-state index contributed by atoms with van der Waals surface area (Å²) in [5.41, 5.74) is 0.646. The molecule has 1 amide bonds. The van der Waals surface area contributed by atoms with Crippen molar-refractivity contribution in [2.24, 2.45) is 5.92 Å². The summed E-state index contributed by atoms with van der Waals surface area (Å²) >= 11 is 0. The van der Waals surface area contributed by atoms with Gasteiger partial charge in [0.2, 0.25) is 0 Å². The Hall–Kier alpha value is -2.04. The summed E-state index contributed by atoms with van der Waals surface area (Å²) in [4.78, 5) is 23.4. The molecule has 5 heteroatoms. The van der Waals surface area contributed by atoms with E-state index in [4.69, 9.17) is 9.47 Å². The first-order valence-electron chi connectivity index (χ1n) is 6.84. The highest BCUT2D eigenvalue weighted by Crippen LogP contribution is 2.30. The maximum absolute atomic E-state index is 11.9. The minimum Gasteiger partial charge on any atom is -0.494 e. The van der Waals surface area contributed by atoms with Crippen LogP contribution in [0.4, 0.5) is 5.69 Å². The predicted molar refractivity (Wildman–Crippen MR) is 74.5 cm³/mol. The summed E-state index contributed by atoms with van der Waals surface area (Å²) in [6.07, 6.45) is 0.952. The van der Waals surface area contributed by atoms with E-state index in [9.17, 15) is 9.59 Å². The van der Waals surface area contributed by atoms with Gasteiger partial charge in [0.1, 0.15) is 5.75 Å². The van der Waals surface area contributed by atoms with E-state index in [2.05, 4.69) is 5.32 Å². The van der Waals surface area contributed by atoms with Crippen LogP contribution in [0.2, 0.25) is 0 Å². The van der Waals surface area contributed by atoms with Crippen LogP contribution in [0.25, 0.3) is 0 Å². The van der Waals surface area contributed by atoms with Crippen LogP contribution < -0.4 is 10.1 Å². The number of rotatable bonds is 6. The number of hydrogen-bond donors (Lipinski definition) is 1. The Morgan fingerprint density at radius 2 is 1.95 bits per heavy atom. The van der Waals surface area contributed by atoms with Gasteiger partial charge in [0, 0.05) is 5.69 Å². The Morgan fingerprint density at radius 1 is 1.30 bits per heavy atom. The Labute approximate surface area is 118 Å². The van der Waals surface area contributed by atoms with Crippen molar-refractivity contribution in [3.63, 3.8) is 0 Å². The average molecular weight is 277 g/mol. The standard InChI is InChI=1S/C15H19NO4/c1-3-19-13-8-6-12(7-9-13)16-14(17)10(2)20-15(18)11-4-5-11/h6-11H,3-5H2,1-2H3,(H,16,17). The molecule has 0 aromatic heterocycles. The molecule has 1 aromatic rings. The lowest BCUT2D eigenvalue weighted by Gasteiger charge is -2.13. The first-order chi connectivity index (χ1) is 9.60. The summed E-state index contributed by atoms with van der Waals surface area (Å²) < 4.78 is 10.4. The number of nitrogens with one attached hydrogen (secondary N) is 1. The lowest BCUT2D eigenvalue weighted by molar-refractivity contribution is -0.154. The SMILES string of the molecule is CCOc1ccc(NC(=O)C(C)OC(=O)C2CC2)cc1. The summed E-state index contributed by atoms with van der Waals surface area (Å²) in [5.74, 6) is 0.136. The number of carbonyl (C=O) groups is 2. The van der Waals surface area contributed by atoms with Crippen LogP contribution in [0, 0.1) is 5.92 Å². The van der Waals surface area contributed by atoms with Crippen molar-refractivity contribution in [2.75, 3.05) is 11.9 Å². The second-order valence-corrected chi connectivity index (χ2v) is 4.80. The Bertz CT molecular complexity index is 479. The highest BCUT2D eigenvalue weighted by Gasteiger charge is 2.33. The summed E-state index contributed by atoms with van der Waals surface area (Å²) in [6, 6.07) is 7.05. The third-order valence-electron chi connectivity index (χ3n) is 3.01. The second kappa shape index (κ2) is 6.41. The van der Waals surface area contributed by atoms with Crippen LogP contribution in [0.15, 0.2) is 24.3 Å². The molecule has 1 saturated carbocycles. The van der Waals surface area contributed by atoms with Gasteiger partial charge < -0.3 is 14.8 Å². The normalized spacial score (nSPS) is 15.3. The quantitative estimate of drug-likeness (QED) is 0.811. The van der Waals surface area contributed by atoms with Crippen molar-refractivity contribution in [1.82, 2.24) is 0 Å².